The number of hydrogen-bond acceptors (Lipinski definition) is 4. The maximum Gasteiger partial charge on any atom is 0.289 e. The van der Waals surface area contributed by atoms with Crippen LogP contribution in [0.3, 0.4) is 0 Å². The Morgan fingerprint density at radius 1 is 1.50 bits per heavy atom. The molecule has 0 aliphatic rings. The van der Waals surface area contributed by atoms with E-state index in [1.807, 2.05) is 6.92 Å². The minimum atomic E-state index is -0.199. The summed E-state index contributed by atoms with van der Waals surface area (Å²) in [5, 5.41) is 8.87. The van der Waals surface area contributed by atoms with Gasteiger partial charge < -0.3 is 20.2 Å². The molecule has 0 aliphatic heterocycles. The van der Waals surface area contributed by atoms with E-state index in [1.54, 1.807) is 17.0 Å². The summed E-state index contributed by atoms with van der Waals surface area (Å²) in [6.07, 6.45) is 0.843. The molecule has 5 heteroatoms. The number of furan rings is 1. The number of hydrogen-bond donors (Lipinski definition) is 2. The van der Waals surface area contributed by atoms with Gasteiger partial charge in [-0.1, -0.05) is 6.92 Å². The largest absolute Gasteiger partial charge is 0.455 e. The van der Waals surface area contributed by atoms with Crippen LogP contribution in [0.2, 0.25) is 0 Å². The molecular formula is C11H18N2O3. The summed E-state index contributed by atoms with van der Waals surface area (Å²) in [5.41, 5.74) is 5.40. The molecule has 90 valence electrons. The molecule has 1 amide bonds. The van der Waals surface area contributed by atoms with Crippen LogP contribution in [0.15, 0.2) is 16.5 Å². The second-order valence-electron chi connectivity index (χ2n) is 3.49. The molecule has 1 rings (SSSR count). The van der Waals surface area contributed by atoms with Crippen molar-refractivity contribution in [3.8, 4) is 0 Å². The van der Waals surface area contributed by atoms with E-state index in [2.05, 4.69) is 0 Å². The average Bonchev–Trinajstić information content (AvgIpc) is 2.76. The first-order valence-corrected chi connectivity index (χ1v) is 5.41. The Morgan fingerprint density at radius 3 is 2.75 bits per heavy atom. The third kappa shape index (κ3) is 3.08. The molecule has 0 bridgehead atoms. The highest BCUT2D eigenvalue weighted by Crippen LogP contribution is 2.10. The van der Waals surface area contributed by atoms with Crippen molar-refractivity contribution in [1.82, 2.24) is 4.90 Å². The summed E-state index contributed by atoms with van der Waals surface area (Å²) in [4.78, 5) is 13.5. The first kappa shape index (κ1) is 12.7. The SMILES string of the molecule is CCCN(CCO)C(=O)c1ccc(CN)o1. The lowest BCUT2D eigenvalue weighted by molar-refractivity contribution is 0.0688. The van der Waals surface area contributed by atoms with Crippen molar-refractivity contribution in [3.05, 3.63) is 23.7 Å². The van der Waals surface area contributed by atoms with Gasteiger partial charge in [0.05, 0.1) is 13.2 Å². The summed E-state index contributed by atoms with van der Waals surface area (Å²) >= 11 is 0. The Balaban J connectivity index is 2.72. The topological polar surface area (TPSA) is 79.7 Å². The van der Waals surface area contributed by atoms with Crippen molar-refractivity contribution >= 4 is 5.91 Å². The number of nitrogens with zero attached hydrogens (tertiary/aromatic N) is 1. The van der Waals surface area contributed by atoms with Crippen molar-refractivity contribution in [3.63, 3.8) is 0 Å². The van der Waals surface area contributed by atoms with Crippen molar-refractivity contribution in [2.45, 2.75) is 19.9 Å². The highest BCUT2D eigenvalue weighted by molar-refractivity contribution is 5.91. The number of amides is 1. The van der Waals surface area contributed by atoms with E-state index in [9.17, 15) is 4.79 Å². The molecule has 0 aromatic carbocycles. The first-order chi connectivity index (χ1) is 7.72. The van der Waals surface area contributed by atoms with Gasteiger partial charge in [0.25, 0.3) is 5.91 Å². The third-order valence-corrected chi connectivity index (χ3v) is 2.22. The Labute approximate surface area is 94.8 Å². The summed E-state index contributed by atoms with van der Waals surface area (Å²) in [6, 6.07) is 3.31. The van der Waals surface area contributed by atoms with Gasteiger partial charge in [-0.15, -0.1) is 0 Å². The highest BCUT2D eigenvalue weighted by atomic mass is 16.4. The number of aliphatic hydroxyl groups is 1. The molecule has 0 radical (unpaired) electrons. The van der Waals surface area contributed by atoms with Crippen LogP contribution >= 0.6 is 0 Å². The van der Waals surface area contributed by atoms with Crippen LogP contribution in [-0.2, 0) is 6.54 Å². The highest BCUT2D eigenvalue weighted by Gasteiger charge is 2.17. The van der Waals surface area contributed by atoms with E-state index in [0.717, 1.165) is 6.42 Å². The van der Waals surface area contributed by atoms with Crippen LogP contribution in [0.4, 0.5) is 0 Å². The fourth-order valence-electron chi connectivity index (χ4n) is 1.46. The van der Waals surface area contributed by atoms with Crippen molar-refractivity contribution in [2.24, 2.45) is 5.73 Å². The van der Waals surface area contributed by atoms with E-state index < -0.39 is 0 Å². The Hall–Kier alpha value is -1.33. The van der Waals surface area contributed by atoms with Crippen LogP contribution in [0, 0.1) is 0 Å². The van der Waals surface area contributed by atoms with E-state index in [0.29, 0.717) is 18.8 Å². The molecule has 0 unspecified atom stereocenters. The van der Waals surface area contributed by atoms with Gasteiger partial charge in [0.1, 0.15) is 5.76 Å². The van der Waals surface area contributed by atoms with E-state index in [-0.39, 0.29) is 24.8 Å². The zero-order chi connectivity index (χ0) is 12.0. The van der Waals surface area contributed by atoms with Gasteiger partial charge in [-0.05, 0) is 18.6 Å². The normalized spacial score (nSPS) is 10.4. The molecule has 3 N–H and O–H groups in total. The van der Waals surface area contributed by atoms with Crippen LogP contribution in [0.1, 0.15) is 29.7 Å². The minimum Gasteiger partial charge on any atom is -0.455 e. The van der Waals surface area contributed by atoms with Gasteiger partial charge in [-0.25, -0.2) is 0 Å². The molecule has 0 saturated carbocycles. The lowest BCUT2D eigenvalue weighted by atomic mass is 10.3. The zero-order valence-corrected chi connectivity index (χ0v) is 9.48. The molecule has 1 aromatic heterocycles. The fourth-order valence-corrected chi connectivity index (χ4v) is 1.46. The molecule has 1 aromatic rings. The first-order valence-electron chi connectivity index (χ1n) is 5.41. The maximum absolute atomic E-state index is 11.9. The molecule has 5 nitrogen and oxygen atoms in total. The number of carbonyl (C=O) groups is 1. The smallest absolute Gasteiger partial charge is 0.289 e. The molecular weight excluding hydrogens is 208 g/mol. The molecule has 0 fully saturated rings. The fraction of sp³-hybridized carbons (Fsp3) is 0.545. The maximum atomic E-state index is 11.9. The predicted molar refractivity (Wildman–Crippen MR) is 59.9 cm³/mol. The lowest BCUT2D eigenvalue weighted by Crippen LogP contribution is -2.34. The number of rotatable bonds is 6. The standard InChI is InChI=1S/C11H18N2O3/c1-2-5-13(6-7-14)11(15)10-4-3-9(8-12)16-10/h3-4,14H,2,5-8,12H2,1H3. The van der Waals surface area contributed by atoms with E-state index in [1.165, 1.54) is 0 Å². The average molecular weight is 226 g/mol. The molecule has 16 heavy (non-hydrogen) atoms. The summed E-state index contributed by atoms with van der Waals surface area (Å²) in [5.74, 6) is 0.668. The van der Waals surface area contributed by atoms with Crippen LogP contribution in [0.25, 0.3) is 0 Å². The van der Waals surface area contributed by atoms with Gasteiger partial charge in [0.2, 0.25) is 0 Å². The van der Waals surface area contributed by atoms with Crippen LogP contribution in [0.5, 0.6) is 0 Å². The number of aliphatic hydroxyl groups excluding tert-OH is 1. The summed E-state index contributed by atoms with van der Waals surface area (Å²) < 4.78 is 5.27. The van der Waals surface area contributed by atoms with Gasteiger partial charge >= 0.3 is 0 Å². The monoisotopic (exact) mass is 226 g/mol. The quantitative estimate of drug-likeness (QED) is 0.743. The molecule has 0 spiro atoms. The Morgan fingerprint density at radius 2 is 2.25 bits per heavy atom. The second-order valence-corrected chi connectivity index (χ2v) is 3.49. The Bertz CT molecular complexity index is 330. The molecule has 1 heterocycles. The summed E-state index contributed by atoms with van der Waals surface area (Å²) in [6.45, 7) is 3.14. The van der Waals surface area contributed by atoms with Crippen molar-refractivity contribution in [2.75, 3.05) is 19.7 Å². The summed E-state index contributed by atoms with van der Waals surface area (Å²) in [7, 11) is 0. The minimum absolute atomic E-state index is 0.0454. The van der Waals surface area contributed by atoms with Crippen LogP contribution < -0.4 is 5.73 Å². The van der Waals surface area contributed by atoms with Crippen molar-refractivity contribution in [1.29, 1.82) is 0 Å². The molecule has 0 aliphatic carbocycles. The van der Waals surface area contributed by atoms with Crippen LogP contribution in [-0.4, -0.2) is 35.6 Å². The molecule has 0 saturated heterocycles. The number of nitrogens with two attached hydrogens (primary N) is 1. The Kier molecular flexibility index (Phi) is 5.01. The van der Waals surface area contributed by atoms with Gasteiger partial charge in [-0.3, -0.25) is 4.79 Å². The third-order valence-electron chi connectivity index (χ3n) is 2.22. The van der Waals surface area contributed by atoms with Gasteiger partial charge in [0, 0.05) is 13.1 Å². The predicted octanol–water partition coefficient (Wildman–Crippen LogP) is 0.583. The molecule has 0 atom stereocenters. The van der Waals surface area contributed by atoms with Crippen molar-refractivity contribution < 1.29 is 14.3 Å². The number of carbonyl (C=O) groups excluding carboxylic acids is 1. The van der Waals surface area contributed by atoms with Gasteiger partial charge in [-0.2, -0.15) is 0 Å². The lowest BCUT2D eigenvalue weighted by Gasteiger charge is -2.19. The van der Waals surface area contributed by atoms with E-state index >= 15 is 0 Å². The zero-order valence-electron chi connectivity index (χ0n) is 9.48. The second kappa shape index (κ2) is 6.30. The van der Waals surface area contributed by atoms with Gasteiger partial charge in [0.15, 0.2) is 5.76 Å². The van der Waals surface area contributed by atoms with E-state index in [4.69, 9.17) is 15.3 Å².